The van der Waals surface area contributed by atoms with Gasteiger partial charge in [-0.1, -0.05) is 0 Å². The molecule has 6 heteroatoms. The first-order valence-electron chi connectivity index (χ1n) is 7.09. The van der Waals surface area contributed by atoms with Gasteiger partial charge in [-0.3, -0.25) is 4.79 Å². The molecule has 0 aliphatic carbocycles. The van der Waals surface area contributed by atoms with E-state index in [0.29, 0.717) is 30.9 Å². The minimum absolute atomic E-state index is 0.00234. The molecule has 0 radical (unpaired) electrons. The fraction of sp³-hybridized carbons (Fsp3) is 0.533. The van der Waals surface area contributed by atoms with Crippen molar-refractivity contribution in [3.8, 4) is 0 Å². The number of rotatable bonds is 5. The van der Waals surface area contributed by atoms with Crippen LogP contribution in [-0.2, 0) is 9.47 Å². The standard InChI is InChI=1S/C15H23N3O3/c1-4-17-15(19)10-5-6-11(16)12(7-10)18-8-13(20-2)14(9-18)21-3/h5-7,13-14H,4,8-9,16H2,1-3H3,(H,17,19). The van der Waals surface area contributed by atoms with Gasteiger partial charge in [0.2, 0.25) is 0 Å². The van der Waals surface area contributed by atoms with Gasteiger partial charge in [0.1, 0.15) is 12.2 Å². The molecule has 3 N–H and O–H groups in total. The van der Waals surface area contributed by atoms with Gasteiger partial charge in [-0.15, -0.1) is 0 Å². The van der Waals surface area contributed by atoms with Gasteiger partial charge in [-0.05, 0) is 25.1 Å². The molecule has 21 heavy (non-hydrogen) atoms. The molecule has 1 aromatic rings. The molecule has 1 amide bonds. The van der Waals surface area contributed by atoms with Gasteiger partial charge in [0.05, 0.1) is 11.4 Å². The van der Waals surface area contributed by atoms with Crippen LogP contribution in [0.4, 0.5) is 11.4 Å². The zero-order valence-corrected chi connectivity index (χ0v) is 12.8. The van der Waals surface area contributed by atoms with Crippen molar-refractivity contribution in [3.63, 3.8) is 0 Å². The van der Waals surface area contributed by atoms with Gasteiger partial charge in [0.15, 0.2) is 0 Å². The van der Waals surface area contributed by atoms with Crippen LogP contribution in [-0.4, -0.2) is 52.0 Å². The first kappa shape index (κ1) is 15.6. The number of carbonyl (C=O) groups is 1. The van der Waals surface area contributed by atoms with E-state index in [-0.39, 0.29) is 18.1 Å². The molecule has 1 heterocycles. The number of nitrogen functional groups attached to an aromatic ring is 1. The molecule has 2 atom stereocenters. The summed E-state index contributed by atoms with van der Waals surface area (Å²) in [7, 11) is 3.35. The average Bonchev–Trinajstić information content (AvgIpc) is 2.91. The van der Waals surface area contributed by atoms with Crippen molar-refractivity contribution in [2.24, 2.45) is 0 Å². The molecule has 0 spiro atoms. The van der Waals surface area contributed by atoms with Crippen molar-refractivity contribution < 1.29 is 14.3 Å². The van der Waals surface area contributed by atoms with Gasteiger partial charge in [-0.2, -0.15) is 0 Å². The van der Waals surface area contributed by atoms with Gasteiger partial charge in [0.25, 0.3) is 5.91 Å². The second kappa shape index (κ2) is 6.78. The summed E-state index contributed by atoms with van der Waals surface area (Å²) in [6.45, 7) is 3.87. The molecular weight excluding hydrogens is 270 g/mol. The summed E-state index contributed by atoms with van der Waals surface area (Å²) >= 11 is 0. The van der Waals surface area contributed by atoms with Crippen LogP contribution in [0, 0.1) is 0 Å². The SMILES string of the molecule is CCNC(=O)c1ccc(N)c(N2CC(OC)C(OC)C2)c1. The van der Waals surface area contributed by atoms with Gasteiger partial charge in [-0.25, -0.2) is 0 Å². The lowest BCUT2D eigenvalue weighted by molar-refractivity contribution is -0.00461. The van der Waals surface area contributed by atoms with E-state index >= 15 is 0 Å². The van der Waals surface area contributed by atoms with Gasteiger partial charge >= 0.3 is 0 Å². The lowest BCUT2D eigenvalue weighted by Crippen LogP contribution is -2.27. The van der Waals surface area contributed by atoms with Crippen LogP contribution >= 0.6 is 0 Å². The average molecular weight is 293 g/mol. The molecule has 1 aliphatic rings. The topological polar surface area (TPSA) is 76.8 Å². The fourth-order valence-electron chi connectivity index (χ4n) is 2.61. The largest absolute Gasteiger partial charge is 0.397 e. The molecule has 6 nitrogen and oxygen atoms in total. The number of amides is 1. The van der Waals surface area contributed by atoms with Crippen LogP contribution in [0.1, 0.15) is 17.3 Å². The second-order valence-electron chi connectivity index (χ2n) is 5.09. The highest BCUT2D eigenvalue weighted by molar-refractivity contribution is 5.96. The normalized spacial score (nSPS) is 21.6. The summed E-state index contributed by atoms with van der Waals surface area (Å²) in [6, 6.07) is 5.33. The van der Waals surface area contributed by atoms with E-state index in [9.17, 15) is 4.79 Å². The Hall–Kier alpha value is -1.79. The number of hydrogen-bond donors (Lipinski definition) is 2. The summed E-state index contributed by atoms with van der Waals surface area (Å²) in [5.41, 5.74) is 8.16. The molecule has 1 saturated heterocycles. The number of methoxy groups -OCH3 is 2. The molecule has 1 fully saturated rings. The summed E-state index contributed by atoms with van der Waals surface area (Å²) in [4.78, 5) is 14.0. The number of nitrogens with two attached hydrogens (primary N) is 1. The summed E-state index contributed by atoms with van der Waals surface area (Å²) in [6.07, 6.45) is 0.00467. The molecule has 2 rings (SSSR count). The summed E-state index contributed by atoms with van der Waals surface area (Å²) in [5, 5.41) is 2.79. The third kappa shape index (κ3) is 3.28. The highest BCUT2D eigenvalue weighted by atomic mass is 16.5. The Kier molecular flexibility index (Phi) is 5.03. The Morgan fingerprint density at radius 1 is 1.33 bits per heavy atom. The maximum absolute atomic E-state index is 11.9. The van der Waals surface area contributed by atoms with Crippen LogP contribution in [0.15, 0.2) is 18.2 Å². The summed E-state index contributed by atoms with van der Waals surface area (Å²) < 4.78 is 10.9. The monoisotopic (exact) mass is 293 g/mol. The van der Waals surface area contributed by atoms with Crippen LogP contribution in [0.25, 0.3) is 0 Å². The lowest BCUT2D eigenvalue weighted by Gasteiger charge is -2.21. The van der Waals surface area contributed by atoms with E-state index in [4.69, 9.17) is 15.2 Å². The number of carbonyl (C=O) groups excluding carboxylic acids is 1. The number of anilines is 2. The summed E-state index contributed by atoms with van der Waals surface area (Å²) in [5.74, 6) is -0.0930. The van der Waals surface area contributed by atoms with Crippen LogP contribution in [0.2, 0.25) is 0 Å². The Morgan fingerprint density at radius 3 is 2.48 bits per heavy atom. The van der Waals surface area contributed by atoms with E-state index in [2.05, 4.69) is 10.2 Å². The van der Waals surface area contributed by atoms with E-state index in [1.165, 1.54) is 0 Å². The number of nitrogens with one attached hydrogen (secondary N) is 1. The zero-order chi connectivity index (χ0) is 15.4. The highest BCUT2D eigenvalue weighted by Crippen LogP contribution is 2.29. The zero-order valence-electron chi connectivity index (χ0n) is 12.8. The predicted octanol–water partition coefficient (Wildman–Crippen LogP) is 0.869. The molecule has 1 aliphatic heterocycles. The van der Waals surface area contributed by atoms with Crippen LogP contribution < -0.4 is 16.0 Å². The maximum Gasteiger partial charge on any atom is 0.251 e. The first-order chi connectivity index (χ1) is 10.1. The van der Waals surface area contributed by atoms with Crippen molar-refractivity contribution in [2.75, 3.05) is 44.5 Å². The van der Waals surface area contributed by atoms with Crippen molar-refractivity contribution in [3.05, 3.63) is 23.8 Å². The Bertz CT molecular complexity index is 495. The van der Waals surface area contributed by atoms with Crippen molar-refractivity contribution in [1.82, 2.24) is 5.32 Å². The maximum atomic E-state index is 11.9. The Balaban J connectivity index is 2.23. The molecule has 2 unspecified atom stereocenters. The van der Waals surface area contributed by atoms with Crippen LogP contribution in [0.3, 0.4) is 0 Å². The van der Waals surface area contributed by atoms with Gasteiger partial charge in [0, 0.05) is 39.4 Å². The minimum Gasteiger partial charge on any atom is -0.397 e. The molecule has 116 valence electrons. The van der Waals surface area contributed by atoms with Crippen molar-refractivity contribution >= 4 is 17.3 Å². The van der Waals surface area contributed by atoms with Crippen molar-refractivity contribution in [2.45, 2.75) is 19.1 Å². The molecule has 0 bridgehead atoms. The van der Waals surface area contributed by atoms with E-state index in [1.807, 2.05) is 13.0 Å². The fourth-order valence-corrected chi connectivity index (χ4v) is 2.61. The molecule has 1 aromatic carbocycles. The third-order valence-corrected chi connectivity index (χ3v) is 3.79. The Labute approximate surface area is 125 Å². The number of ether oxygens (including phenoxy) is 2. The van der Waals surface area contributed by atoms with E-state index in [0.717, 1.165) is 5.69 Å². The Morgan fingerprint density at radius 2 is 1.95 bits per heavy atom. The molecule has 0 saturated carbocycles. The van der Waals surface area contributed by atoms with E-state index in [1.54, 1.807) is 26.4 Å². The van der Waals surface area contributed by atoms with Crippen LogP contribution in [0.5, 0.6) is 0 Å². The van der Waals surface area contributed by atoms with E-state index < -0.39 is 0 Å². The second-order valence-corrected chi connectivity index (χ2v) is 5.09. The molecule has 0 aromatic heterocycles. The molecular formula is C15H23N3O3. The number of nitrogens with zero attached hydrogens (tertiary/aromatic N) is 1. The van der Waals surface area contributed by atoms with Crippen molar-refractivity contribution in [1.29, 1.82) is 0 Å². The first-order valence-corrected chi connectivity index (χ1v) is 7.09. The predicted molar refractivity (Wildman–Crippen MR) is 82.7 cm³/mol. The number of benzene rings is 1. The minimum atomic E-state index is -0.0930. The van der Waals surface area contributed by atoms with Gasteiger partial charge < -0.3 is 25.4 Å². The smallest absolute Gasteiger partial charge is 0.251 e. The quantitative estimate of drug-likeness (QED) is 0.788. The lowest BCUT2D eigenvalue weighted by atomic mass is 10.1. The third-order valence-electron chi connectivity index (χ3n) is 3.79. The highest BCUT2D eigenvalue weighted by Gasteiger charge is 2.33. The number of hydrogen-bond acceptors (Lipinski definition) is 5.